The first-order chi connectivity index (χ1) is 11.7. The third kappa shape index (κ3) is 4.93. The highest BCUT2D eigenvalue weighted by molar-refractivity contribution is 14.0. The van der Waals surface area contributed by atoms with Crippen LogP contribution in [0.15, 0.2) is 35.7 Å². The Labute approximate surface area is 166 Å². The molecule has 0 aromatic carbocycles. The first-order valence-corrected chi connectivity index (χ1v) is 8.58. The van der Waals surface area contributed by atoms with Crippen molar-refractivity contribution in [2.45, 2.75) is 33.2 Å². The molecule has 1 aliphatic heterocycles. The van der Waals surface area contributed by atoms with Gasteiger partial charge in [-0.05, 0) is 37.3 Å². The molecule has 1 aliphatic rings. The lowest BCUT2D eigenvalue weighted by molar-refractivity contribution is 0.273. The molecule has 0 bridgehead atoms. The summed E-state index contributed by atoms with van der Waals surface area (Å²) in [4.78, 5) is 15.5. The van der Waals surface area contributed by atoms with Gasteiger partial charge in [-0.1, -0.05) is 13.0 Å². The predicted molar refractivity (Wildman–Crippen MR) is 112 cm³/mol. The molecule has 3 rings (SSSR count). The second kappa shape index (κ2) is 9.17. The van der Waals surface area contributed by atoms with Crippen LogP contribution in [-0.2, 0) is 6.54 Å². The molecule has 0 aliphatic carbocycles. The van der Waals surface area contributed by atoms with Crippen LogP contribution in [0.5, 0.6) is 0 Å². The fourth-order valence-corrected chi connectivity index (χ4v) is 3.02. The van der Waals surface area contributed by atoms with Crippen LogP contribution in [0.3, 0.4) is 0 Å². The van der Waals surface area contributed by atoms with E-state index in [9.17, 15) is 0 Å². The standard InChI is InChI=1S/C18H26N6.HI/c1-14-6-9-23(10-7-14)18(19-3)22-13-16-4-5-17(21-12-16)24-11-8-20-15(24)2;/h4-5,8,11-12,14H,6-7,9-10,13H2,1-3H3,(H,19,22);1H. The Morgan fingerprint density at radius 1 is 1.28 bits per heavy atom. The molecule has 0 atom stereocenters. The van der Waals surface area contributed by atoms with Crippen molar-refractivity contribution in [1.82, 2.24) is 24.8 Å². The topological polar surface area (TPSA) is 58.3 Å². The quantitative estimate of drug-likeness (QED) is 0.440. The molecule has 0 saturated carbocycles. The number of nitrogens with zero attached hydrogens (tertiary/aromatic N) is 5. The van der Waals surface area contributed by atoms with E-state index in [2.05, 4.69) is 38.2 Å². The molecule has 2 aromatic heterocycles. The minimum absolute atomic E-state index is 0. The van der Waals surface area contributed by atoms with Gasteiger partial charge in [0.2, 0.25) is 0 Å². The zero-order valence-electron chi connectivity index (χ0n) is 15.1. The molecule has 1 N–H and O–H groups in total. The lowest BCUT2D eigenvalue weighted by Crippen LogP contribution is -2.45. The molecule has 0 unspecified atom stereocenters. The van der Waals surface area contributed by atoms with E-state index in [0.29, 0.717) is 0 Å². The number of imidazole rings is 1. The van der Waals surface area contributed by atoms with E-state index >= 15 is 0 Å². The maximum Gasteiger partial charge on any atom is 0.193 e. The highest BCUT2D eigenvalue weighted by Crippen LogP contribution is 2.16. The van der Waals surface area contributed by atoms with Crippen molar-refractivity contribution < 1.29 is 0 Å². The molecule has 25 heavy (non-hydrogen) atoms. The van der Waals surface area contributed by atoms with E-state index in [1.54, 1.807) is 6.20 Å². The number of hydrogen-bond acceptors (Lipinski definition) is 3. The van der Waals surface area contributed by atoms with Crippen molar-refractivity contribution in [3.63, 3.8) is 0 Å². The van der Waals surface area contributed by atoms with Gasteiger partial charge in [-0.2, -0.15) is 0 Å². The van der Waals surface area contributed by atoms with E-state index in [-0.39, 0.29) is 24.0 Å². The van der Waals surface area contributed by atoms with Gasteiger partial charge in [0.25, 0.3) is 0 Å². The Balaban J connectivity index is 0.00000225. The minimum Gasteiger partial charge on any atom is -0.352 e. The molecule has 0 spiro atoms. The summed E-state index contributed by atoms with van der Waals surface area (Å²) in [6.45, 7) is 7.19. The highest BCUT2D eigenvalue weighted by Gasteiger charge is 2.18. The van der Waals surface area contributed by atoms with E-state index < -0.39 is 0 Å². The number of likely N-dealkylation sites (tertiary alicyclic amines) is 1. The van der Waals surface area contributed by atoms with Crippen molar-refractivity contribution in [2.75, 3.05) is 20.1 Å². The largest absolute Gasteiger partial charge is 0.352 e. The van der Waals surface area contributed by atoms with Crippen LogP contribution in [0.25, 0.3) is 5.82 Å². The molecule has 1 fully saturated rings. The Kier molecular flexibility index (Phi) is 7.22. The van der Waals surface area contributed by atoms with Crippen molar-refractivity contribution in [2.24, 2.45) is 10.9 Å². The number of aliphatic imine (C=N–C) groups is 1. The summed E-state index contributed by atoms with van der Waals surface area (Å²) in [6.07, 6.45) is 8.10. The SMILES string of the molecule is CN=C(NCc1ccc(-n2ccnc2C)nc1)N1CCC(C)CC1.I. The number of halogens is 1. The third-order valence-corrected chi connectivity index (χ3v) is 4.63. The van der Waals surface area contributed by atoms with Gasteiger partial charge >= 0.3 is 0 Å². The van der Waals surface area contributed by atoms with Gasteiger partial charge in [0.1, 0.15) is 11.6 Å². The van der Waals surface area contributed by atoms with Crippen molar-refractivity contribution >= 4 is 29.9 Å². The van der Waals surface area contributed by atoms with Crippen molar-refractivity contribution in [3.05, 3.63) is 42.1 Å². The number of guanidine groups is 1. The van der Waals surface area contributed by atoms with Crippen molar-refractivity contribution in [1.29, 1.82) is 0 Å². The molecule has 0 radical (unpaired) electrons. The number of nitrogens with one attached hydrogen (secondary N) is 1. The van der Waals surface area contributed by atoms with E-state index in [0.717, 1.165) is 48.7 Å². The molecular formula is C18H27IN6. The lowest BCUT2D eigenvalue weighted by atomic mass is 10.00. The first kappa shape index (κ1) is 19.7. The monoisotopic (exact) mass is 454 g/mol. The summed E-state index contributed by atoms with van der Waals surface area (Å²) in [5, 5.41) is 3.45. The van der Waals surface area contributed by atoms with Crippen LogP contribution in [0.4, 0.5) is 0 Å². The summed E-state index contributed by atoms with van der Waals surface area (Å²) < 4.78 is 1.98. The molecular weight excluding hydrogens is 427 g/mol. The van der Waals surface area contributed by atoms with Gasteiger partial charge in [0, 0.05) is 45.3 Å². The van der Waals surface area contributed by atoms with Gasteiger partial charge in [-0.25, -0.2) is 9.97 Å². The van der Waals surface area contributed by atoms with E-state index in [1.165, 1.54) is 12.8 Å². The van der Waals surface area contributed by atoms with Crippen LogP contribution < -0.4 is 5.32 Å². The number of aryl methyl sites for hydroxylation is 1. The van der Waals surface area contributed by atoms with Gasteiger partial charge < -0.3 is 10.2 Å². The van der Waals surface area contributed by atoms with Crippen LogP contribution >= 0.6 is 24.0 Å². The fourth-order valence-electron chi connectivity index (χ4n) is 3.02. The lowest BCUT2D eigenvalue weighted by Gasteiger charge is -2.32. The molecule has 2 aromatic rings. The van der Waals surface area contributed by atoms with Gasteiger partial charge in [0.05, 0.1) is 0 Å². The average Bonchev–Trinajstić information content (AvgIpc) is 3.03. The van der Waals surface area contributed by atoms with E-state index in [1.807, 2.05) is 37.0 Å². The maximum absolute atomic E-state index is 4.54. The number of aromatic nitrogens is 3. The van der Waals surface area contributed by atoms with E-state index in [4.69, 9.17) is 0 Å². The zero-order valence-corrected chi connectivity index (χ0v) is 17.5. The number of rotatable bonds is 3. The normalized spacial score (nSPS) is 15.8. The smallest absolute Gasteiger partial charge is 0.193 e. The van der Waals surface area contributed by atoms with Crippen LogP contribution in [0.2, 0.25) is 0 Å². The molecule has 0 amide bonds. The maximum atomic E-state index is 4.54. The Morgan fingerprint density at radius 3 is 2.60 bits per heavy atom. The minimum atomic E-state index is 0. The second-order valence-electron chi connectivity index (χ2n) is 6.44. The predicted octanol–water partition coefficient (Wildman–Crippen LogP) is 3.00. The number of pyridine rings is 1. The van der Waals surface area contributed by atoms with Gasteiger partial charge in [0.15, 0.2) is 5.96 Å². The molecule has 7 heteroatoms. The average molecular weight is 454 g/mol. The Hall–Kier alpha value is -1.64. The van der Waals surface area contributed by atoms with Crippen molar-refractivity contribution in [3.8, 4) is 5.82 Å². The molecule has 3 heterocycles. The third-order valence-electron chi connectivity index (χ3n) is 4.63. The highest BCUT2D eigenvalue weighted by atomic mass is 127. The Morgan fingerprint density at radius 2 is 2.04 bits per heavy atom. The molecule has 1 saturated heterocycles. The summed E-state index contributed by atoms with van der Waals surface area (Å²) in [7, 11) is 1.85. The Bertz CT molecular complexity index is 686. The van der Waals surface area contributed by atoms with Crippen LogP contribution in [-0.4, -0.2) is 45.5 Å². The van der Waals surface area contributed by atoms with Crippen LogP contribution in [0.1, 0.15) is 31.2 Å². The van der Waals surface area contributed by atoms with Crippen LogP contribution in [0, 0.1) is 12.8 Å². The fraction of sp³-hybridized carbons (Fsp3) is 0.500. The number of hydrogen-bond donors (Lipinski definition) is 1. The summed E-state index contributed by atoms with van der Waals surface area (Å²) in [5.74, 6) is 3.63. The molecule has 6 nitrogen and oxygen atoms in total. The summed E-state index contributed by atoms with van der Waals surface area (Å²) in [5.41, 5.74) is 1.14. The first-order valence-electron chi connectivity index (χ1n) is 8.58. The zero-order chi connectivity index (χ0) is 16.9. The summed E-state index contributed by atoms with van der Waals surface area (Å²) in [6, 6.07) is 4.12. The molecule has 136 valence electrons. The van der Waals surface area contributed by atoms with Gasteiger partial charge in [-0.3, -0.25) is 9.56 Å². The van der Waals surface area contributed by atoms with Gasteiger partial charge in [-0.15, -0.1) is 24.0 Å². The summed E-state index contributed by atoms with van der Waals surface area (Å²) >= 11 is 0. The second-order valence-corrected chi connectivity index (χ2v) is 6.44. The number of piperidine rings is 1.